The lowest BCUT2D eigenvalue weighted by Gasteiger charge is -2.25. The van der Waals surface area contributed by atoms with Crippen LogP contribution in [0.2, 0.25) is 0 Å². The van der Waals surface area contributed by atoms with E-state index in [2.05, 4.69) is 16.0 Å². The number of benzene rings is 1. The Labute approximate surface area is 103 Å². The van der Waals surface area contributed by atoms with E-state index in [1.807, 2.05) is 0 Å². The lowest BCUT2D eigenvalue weighted by molar-refractivity contribution is 0.209. The highest BCUT2D eigenvalue weighted by Crippen LogP contribution is 2.29. The van der Waals surface area contributed by atoms with E-state index in [0.717, 1.165) is 0 Å². The Morgan fingerprint density at radius 3 is 2.17 bits per heavy atom. The van der Waals surface area contributed by atoms with Crippen LogP contribution < -0.4 is 25.4 Å². The Balaban J connectivity index is 2.27. The van der Waals surface area contributed by atoms with Gasteiger partial charge in [-0.25, -0.2) is 9.59 Å². The molecular weight excluding hydrogens is 238 g/mol. The van der Waals surface area contributed by atoms with E-state index in [1.54, 1.807) is 18.2 Å². The maximum absolute atomic E-state index is 11.2. The second-order valence-corrected chi connectivity index (χ2v) is 3.62. The van der Waals surface area contributed by atoms with Crippen LogP contribution in [0.5, 0.6) is 11.5 Å². The topological polar surface area (TPSA) is 88.7 Å². The molecule has 7 nitrogen and oxygen atoms in total. The SMILES string of the molecule is COc1ccc(C2NC(=O)NC(=O)N2)cc1OC. The number of carbonyl (C=O) groups is 2. The van der Waals surface area contributed by atoms with Crippen LogP contribution in [0.15, 0.2) is 18.2 Å². The monoisotopic (exact) mass is 251 g/mol. The van der Waals surface area contributed by atoms with E-state index < -0.39 is 18.2 Å². The molecule has 0 aliphatic carbocycles. The quantitative estimate of drug-likeness (QED) is 0.738. The fourth-order valence-electron chi connectivity index (χ4n) is 1.67. The maximum atomic E-state index is 11.2. The molecule has 96 valence electrons. The van der Waals surface area contributed by atoms with Crippen molar-refractivity contribution in [3.05, 3.63) is 23.8 Å². The molecule has 3 N–H and O–H groups in total. The van der Waals surface area contributed by atoms with Crippen LogP contribution in [0.25, 0.3) is 0 Å². The standard InChI is InChI=1S/C11H13N3O4/c1-17-7-4-3-6(5-8(7)18-2)9-12-10(15)14-11(16)13-9/h3-5,9H,1-2H3,(H3,12,13,14,15,16). The van der Waals surface area contributed by atoms with Gasteiger partial charge in [0.25, 0.3) is 0 Å². The highest BCUT2D eigenvalue weighted by atomic mass is 16.5. The van der Waals surface area contributed by atoms with Crippen LogP contribution in [0.3, 0.4) is 0 Å². The van der Waals surface area contributed by atoms with Crippen molar-refractivity contribution in [1.82, 2.24) is 16.0 Å². The molecule has 1 aliphatic heterocycles. The minimum Gasteiger partial charge on any atom is -0.493 e. The summed E-state index contributed by atoms with van der Waals surface area (Å²) < 4.78 is 10.3. The van der Waals surface area contributed by atoms with E-state index in [4.69, 9.17) is 9.47 Å². The normalized spacial score (nSPS) is 15.4. The van der Waals surface area contributed by atoms with Crippen molar-refractivity contribution in [1.29, 1.82) is 0 Å². The van der Waals surface area contributed by atoms with Gasteiger partial charge in [0.15, 0.2) is 11.5 Å². The fraction of sp³-hybridized carbons (Fsp3) is 0.273. The largest absolute Gasteiger partial charge is 0.493 e. The molecule has 1 fully saturated rings. The molecular formula is C11H13N3O4. The first-order chi connectivity index (χ1) is 8.63. The van der Waals surface area contributed by atoms with Crippen molar-refractivity contribution >= 4 is 12.1 Å². The van der Waals surface area contributed by atoms with Crippen LogP contribution in [-0.2, 0) is 0 Å². The molecule has 0 bridgehead atoms. The zero-order valence-electron chi connectivity index (χ0n) is 9.94. The maximum Gasteiger partial charge on any atom is 0.324 e. The van der Waals surface area contributed by atoms with Crippen LogP contribution >= 0.6 is 0 Å². The number of hydrogen-bond donors (Lipinski definition) is 3. The number of hydrogen-bond acceptors (Lipinski definition) is 4. The highest BCUT2D eigenvalue weighted by Gasteiger charge is 2.24. The smallest absolute Gasteiger partial charge is 0.324 e. The first kappa shape index (κ1) is 12.0. The predicted molar refractivity (Wildman–Crippen MR) is 62.5 cm³/mol. The highest BCUT2D eigenvalue weighted by molar-refractivity contribution is 5.96. The van der Waals surface area contributed by atoms with Gasteiger partial charge in [-0.05, 0) is 17.7 Å². The van der Waals surface area contributed by atoms with Crippen LogP contribution in [0.4, 0.5) is 9.59 Å². The van der Waals surface area contributed by atoms with Crippen molar-refractivity contribution in [2.45, 2.75) is 6.17 Å². The number of urea groups is 2. The molecule has 1 aromatic rings. The van der Waals surface area contributed by atoms with E-state index in [-0.39, 0.29) is 0 Å². The number of rotatable bonds is 3. The van der Waals surface area contributed by atoms with E-state index in [9.17, 15) is 9.59 Å². The Morgan fingerprint density at radius 1 is 1.00 bits per heavy atom. The van der Waals surface area contributed by atoms with E-state index in [0.29, 0.717) is 17.1 Å². The minimum absolute atomic E-state index is 0.525. The third-order valence-corrected chi connectivity index (χ3v) is 2.52. The Bertz CT molecular complexity index is 473. The predicted octanol–water partition coefficient (Wildman–Crippen LogP) is 0.725. The van der Waals surface area contributed by atoms with Gasteiger partial charge in [-0.1, -0.05) is 6.07 Å². The number of amides is 4. The molecule has 0 aromatic heterocycles. The first-order valence-corrected chi connectivity index (χ1v) is 5.24. The molecule has 7 heteroatoms. The van der Waals surface area contributed by atoms with Gasteiger partial charge in [0, 0.05) is 0 Å². The van der Waals surface area contributed by atoms with E-state index >= 15 is 0 Å². The number of ether oxygens (including phenoxy) is 2. The summed E-state index contributed by atoms with van der Waals surface area (Å²) in [6, 6.07) is 4.04. The van der Waals surface area contributed by atoms with Crippen LogP contribution in [-0.4, -0.2) is 26.3 Å². The number of imide groups is 1. The summed E-state index contributed by atoms with van der Waals surface area (Å²) in [4.78, 5) is 22.4. The van der Waals surface area contributed by atoms with Crippen LogP contribution in [0.1, 0.15) is 11.7 Å². The zero-order valence-corrected chi connectivity index (χ0v) is 9.94. The van der Waals surface area contributed by atoms with Gasteiger partial charge in [0.2, 0.25) is 0 Å². The molecule has 1 saturated heterocycles. The number of nitrogens with one attached hydrogen (secondary N) is 3. The fourth-order valence-corrected chi connectivity index (χ4v) is 1.67. The zero-order chi connectivity index (χ0) is 13.1. The van der Waals surface area contributed by atoms with Crippen molar-refractivity contribution in [3.63, 3.8) is 0 Å². The molecule has 4 amide bonds. The molecule has 0 radical (unpaired) electrons. The van der Waals surface area contributed by atoms with Gasteiger partial charge in [0.1, 0.15) is 6.17 Å². The van der Waals surface area contributed by atoms with Gasteiger partial charge in [0.05, 0.1) is 14.2 Å². The molecule has 0 saturated carbocycles. The second kappa shape index (κ2) is 4.82. The van der Waals surface area contributed by atoms with Crippen molar-refractivity contribution < 1.29 is 19.1 Å². The molecule has 1 aromatic carbocycles. The Hall–Kier alpha value is -2.44. The van der Waals surface area contributed by atoms with Crippen LogP contribution in [0, 0.1) is 0 Å². The third kappa shape index (κ3) is 2.29. The number of carbonyl (C=O) groups excluding carboxylic acids is 2. The molecule has 0 spiro atoms. The molecule has 1 aliphatic rings. The average Bonchev–Trinajstić information content (AvgIpc) is 2.36. The minimum atomic E-state index is -0.592. The molecule has 0 atom stereocenters. The lowest BCUT2D eigenvalue weighted by atomic mass is 10.1. The van der Waals surface area contributed by atoms with Gasteiger partial charge < -0.3 is 20.1 Å². The van der Waals surface area contributed by atoms with Gasteiger partial charge in [-0.2, -0.15) is 0 Å². The summed E-state index contributed by atoms with van der Waals surface area (Å²) in [7, 11) is 3.05. The summed E-state index contributed by atoms with van der Waals surface area (Å²) >= 11 is 0. The van der Waals surface area contributed by atoms with Crippen molar-refractivity contribution in [3.8, 4) is 11.5 Å². The summed E-state index contributed by atoms with van der Waals surface area (Å²) in [5.74, 6) is 1.10. The Morgan fingerprint density at radius 2 is 1.61 bits per heavy atom. The molecule has 0 unspecified atom stereocenters. The Kier molecular flexibility index (Phi) is 3.22. The average molecular weight is 251 g/mol. The molecule has 1 heterocycles. The third-order valence-electron chi connectivity index (χ3n) is 2.52. The van der Waals surface area contributed by atoms with Crippen molar-refractivity contribution in [2.24, 2.45) is 0 Å². The summed E-state index contributed by atoms with van der Waals surface area (Å²) in [5, 5.41) is 7.22. The van der Waals surface area contributed by atoms with E-state index in [1.165, 1.54) is 14.2 Å². The summed E-state index contributed by atoms with van der Waals surface area (Å²) in [5.41, 5.74) is 0.691. The summed E-state index contributed by atoms with van der Waals surface area (Å²) in [6.07, 6.45) is -0.592. The van der Waals surface area contributed by atoms with Gasteiger partial charge >= 0.3 is 12.1 Å². The second-order valence-electron chi connectivity index (χ2n) is 3.62. The first-order valence-electron chi connectivity index (χ1n) is 5.24. The lowest BCUT2D eigenvalue weighted by Crippen LogP contribution is -2.56. The van der Waals surface area contributed by atoms with Crippen molar-refractivity contribution in [2.75, 3.05) is 14.2 Å². The number of methoxy groups -OCH3 is 2. The molecule has 2 rings (SSSR count). The summed E-state index contributed by atoms with van der Waals surface area (Å²) in [6.45, 7) is 0. The van der Waals surface area contributed by atoms with Gasteiger partial charge in [-0.15, -0.1) is 0 Å². The van der Waals surface area contributed by atoms with Gasteiger partial charge in [-0.3, -0.25) is 5.32 Å². The molecule has 18 heavy (non-hydrogen) atoms.